The van der Waals surface area contributed by atoms with Gasteiger partial charge in [0.15, 0.2) is 0 Å². The standard InChI is InChI=1S/C25H36NS.ClHO4/c1-9-26(10-2)21-15-13-19(14-16-21)11-12-20-17-22(24(3,4)5)27-23(18-20)25(6,7)8;2-1(3,4)5/h11-18H,9-10H2,1-8H3;(H,2,3,4,5)/q+1;/p-1. The van der Waals surface area contributed by atoms with Gasteiger partial charge in [0, 0.05) is 41.7 Å². The second kappa shape index (κ2) is 11.5. The summed E-state index contributed by atoms with van der Waals surface area (Å²) in [6.45, 7) is 20.3. The zero-order valence-corrected chi connectivity index (χ0v) is 22.0. The van der Waals surface area contributed by atoms with Crippen molar-refractivity contribution in [2.45, 2.75) is 66.2 Å². The molecule has 5 nitrogen and oxygen atoms in total. The van der Waals surface area contributed by atoms with Crippen LogP contribution in [0.5, 0.6) is 0 Å². The SMILES string of the molecule is CCN(CC)c1ccc(C=Cc2cc(C(C)(C)C)[s+]c(C(C)(C)C)c2)cc1.[O-][Cl+3]([O-])([O-])[O-]. The van der Waals surface area contributed by atoms with E-state index in [4.69, 9.17) is 18.6 Å². The Morgan fingerprint density at radius 3 is 1.47 bits per heavy atom. The number of rotatable bonds is 5. The first-order valence-corrected chi connectivity index (χ1v) is 12.7. The summed E-state index contributed by atoms with van der Waals surface area (Å²) in [5.41, 5.74) is 4.16. The van der Waals surface area contributed by atoms with Gasteiger partial charge in [0.1, 0.15) is 0 Å². The second-order valence-corrected chi connectivity index (χ2v) is 11.4. The van der Waals surface area contributed by atoms with Crippen molar-refractivity contribution in [1.29, 1.82) is 0 Å². The van der Waals surface area contributed by atoms with Crippen LogP contribution in [-0.4, -0.2) is 13.1 Å². The molecule has 0 spiro atoms. The lowest BCUT2D eigenvalue weighted by atomic mass is 9.91. The van der Waals surface area contributed by atoms with Gasteiger partial charge in [-0.1, -0.05) is 65.8 Å². The van der Waals surface area contributed by atoms with Crippen LogP contribution in [0.4, 0.5) is 5.69 Å². The van der Waals surface area contributed by atoms with E-state index < -0.39 is 10.2 Å². The second-order valence-electron chi connectivity index (χ2n) is 9.59. The summed E-state index contributed by atoms with van der Waals surface area (Å²) in [6.07, 6.45) is 4.48. The normalized spacial score (nSPS) is 12.5. The van der Waals surface area contributed by atoms with Gasteiger partial charge >= 0.3 is 0 Å². The first-order chi connectivity index (χ1) is 14.5. The summed E-state index contributed by atoms with van der Waals surface area (Å²) in [4.78, 5) is 5.25. The van der Waals surface area contributed by atoms with Crippen molar-refractivity contribution in [3.05, 3.63) is 57.3 Å². The molecule has 0 saturated carbocycles. The molecule has 0 amide bonds. The lowest BCUT2D eigenvalue weighted by molar-refractivity contribution is -2.00. The van der Waals surface area contributed by atoms with Crippen LogP contribution in [0.25, 0.3) is 12.2 Å². The van der Waals surface area contributed by atoms with Crippen LogP contribution in [0.3, 0.4) is 0 Å². The first-order valence-electron chi connectivity index (χ1n) is 10.7. The van der Waals surface area contributed by atoms with Crippen LogP contribution in [0.15, 0.2) is 36.4 Å². The molecule has 0 aliphatic carbocycles. The van der Waals surface area contributed by atoms with E-state index in [0.29, 0.717) is 0 Å². The Kier molecular flexibility index (Phi) is 10.3. The molecule has 0 unspecified atom stereocenters. The molecule has 2 aromatic rings. The molecule has 178 valence electrons. The number of benzene rings is 1. The fourth-order valence-electron chi connectivity index (χ4n) is 2.93. The Hall–Kier alpha value is -1.54. The number of anilines is 1. The van der Waals surface area contributed by atoms with E-state index in [1.54, 1.807) is 0 Å². The van der Waals surface area contributed by atoms with Gasteiger partial charge < -0.3 is 4.90 Å². The fraction of sp³-hybridized carbons (Fsp3) is 0.480. The van der Waals surface area contributed by atoms with E-state index in [2.05, 4.69) is 109 Å². The maximum atomic E-state index is 8.49. The maximum absolute atomic E-state index is 8.49. The minimum Gasteiger partial charge on any atom is -0.372 e. The molecule has 1 aromatic heterocycles. The van der Waals surface area contributed by atoms with Crippen LogP contribution < -0.4 is 23.5 Å². The van der Waals surface area contributed by atoms with Crippen LogP contribution in [0, 0.1) is 10.2 Å². The zero-order chi connectivity index (χ0) is 24.7. The van der Waals surface area contributed by atoms with E-state index in [9.17, 15) is 0 Å². The van der Waals surface area contributed by atoms with E-state index in [1.807, 2.05) is 11.3 Å². The highest BCUT2D eigenvalue weighted by Crippen LogP contribution is 2.35. The highest BCUT2D eigenvalue weighted by molar-refractivity contribution is 7.12. The lowest BCUT2D eigenvalue weighted by Crippen LogP contribution is -2.68. The fourth-order valence-corrected chi connectivity index (χ4v) is 4.17. The van der Waals surface area contributed by atoms with Crippen LogP contribution in [0.1, 0.15) is 76.3 Å². The van der Waals surface area contributed by atoms with Gasteiger partial charge in [-0.2, -0.15) is 0 Å². The summed E-state index contributed by atoms with van der Waals surface area (Å²) in [7, 11) is -4.94. The molecule has 2 rings (SSSR count). The van der Waals surface area contributed by atoms with Crippen LogP contribution in [0.2, 0.25) is 0 Å². The monoisotopic (exact) mass is 481 g/mol. The number of hydrogen-bond acceptors (Lipinski definition) is 5. The van der Waals surface area contributed by atoms with Crippen molar-refractivity contribution >= 4 is 29.2 Å². The quantitative estimate of drug-likeness (QED) is 0.612. The molecule has 0 N–H and O–H groups in total. The minimum absolute atomic E-state index is 0.167. The number of nitrogens with zero attached hydrogens (tertiary/aromatic N) is 1. The van der Waals surface area contributed by atoms with Gasteiger partial charge in [-0.25, -0.2) is 18.6 Å². The van der Waals surface area contributed by atoms with Gasteiger partial charge in [0.2, 0.25) is 21.1 Å². The van der Waals surface area contributed by atoms with E-state index in [1.165, 1.54) is 26.6 Å². The molecule has 1 heterocycles. The van der Waals surface area contributed by atoms with Crippen molar-refractivity contribution in [2.75, 3.05) is 18.0 Å². The van der Waals surface area contributed by atoms with Gasteiger partial charge in [0.25, 0.3) is 0 Å². The van der Waals surface area contributed by atoms with Crippen LogP contribution >= 0.6 is 11.3 Å². The third-order valence-corrected chi connectivity index (χ3v) is 6.68. The third kappa shape index (κ3) is 10.4. The molecule has 0 saturated heterocycles. The predicted molar refractivity (Wildman–Crippen MR) is 125 cm³/mol. The zero-order valence-electron chi connectivity index (χ0n) is 20.4. The molecule has 7 heteroatoms. The summed E-state index contributed by atoms with van der Waals surface area (Å²) in [5.74, 6) is 0. The van der Waals surface area contributed by atoms with Crippen molar-refractivity contribution in [3.63, 3.8) is 0 Å². The van der Waals surface area contributed by atoms with Crippen LogP contribution in [-0.2, 0) is 10.8 Å². The highest BCUT2D eigenvalue weighted by atomic mass is 35.7. The molecule has 0 aliphatic rings. The topological polar surface area (TPSA) is 95.5 Å². The maximum Gasteiger partial charge on any atom is 0.219 e. The van der Waals surface area contributed by atoms with Crippen molar-refractivity contribution in [3.8, 4) is 0 Å². The summed E-state index contributed by atoms with van der Waals surface area (Å²) < 4.78 is 34.0. The molecule has 0 atom stereocenters. The van der Waals surface area contributed by atoms with Crippen molar-refractivity contribution in [1.82, 2.24) is 0 Å². The van der Waals surface area contributed by atoms with E-state index in [-0.39, 0.29) is 10.8 Å². The average Bonchev–Trinajstić information content (AvgIpc) is 2.65. The Labute approximate surface area is 199 Å². The minimum atomic E-state index is -4.94. The predicted octanol–water partition coefficient (Wildman–Crippen LogP) is 2.88. The average molecular weight is 482 g/mol. The number of halogens is 1. The molecule has 0 radical (unpaired) electrons. The lowest BCUT2D eigenvalue weighted by Gasteiger charge is -2.20. The Morgan fingerprint density at radius 2 is 1.12 bits per heavy atom. The van der Waals surface area contributed by atoms with E-state index in [0.717, 1.165) is 13.1 Å². The molecule has 0 fully saturated rings. The summed E-state index contributed by atoms with van der Waals surface area (Å²) >= 11 is 1.94. The van der Waals surface area contributed by atoms with Crippen molar-refractivity contribution < 1.29 is 28.9 Å². The first kappa shape index (κ1) is 28.5. The molecule has 0 bridgehead atoms. The molecule has 32 heavy (non-hydrogen) atoms. The summed E-state index contributed by atoms with van der Waals surface area (Å²) in [5, 5.41) is 0. The van der Waals surface area contributed by atoms with Gasteiger partial charge in [0.05, 0.1) is 0 Å². The largest absolute Gasteiger partial charge is 0.372 e. The molecular formula is C25H36ClNO4S. The Morgan fingerprint density at radius 1 is 0.750 bits per heavy atom. The van der Waals surface area contributed by atoms with E-state index >= 15 is 0 Å². The molecule has 0 aliphatic heterocycles. The highest BCUT2D eigenvalue weighted by Gasteiger charge is 2.31. The van der Waals surface area contributed by atoms with Gasteiger partial charge in [-0.15, -0.1) is 10.2 Å². The molecular weight excluding hydrogens is 446 g/mol. The Balaban J connectivity index is 0.000000920. The molecule has 1 aromatic carbocycles. The van der Waals surface area contributed by atoms with Gasteiger partial charge in [-0.05, 0) is 37.1 Å². The number of hydrogen-bond donors (Lipinski definition) is 0. The van der Waals surface area contributed by atoms with Gasteiger partial charge in [-0.3, -0.25) is 0 Å². The smallest absolute Gasteiger partial charge is 0.219 e. The summed E-state index contributed by atoms with van der Waals surface area (Å²) in [6, 6.07) is 13.6. The van der Waals surface area contributed by atoms with Crippen molar-refractivity contribution in [2.24, 2.45) is 0 Å². The third-order valence-electron chi connectivity index (χ3n) is 4.78. The Bertz CT molecular complexity index is 837.